The molecule has 4 nitrogen and oxygen atoms in total. The highest BCUT2D eigenvalue weighted by Crippen LogP contribution is 2.36. The zero-order valence-electron chi connectivity index (χ0n) is 10.9. The van der Waals surface area contributed by atoms with Crippen molar-refractivity contribution in [3.8, 4) is 0 Å². The van der Waals surface area contributed by atoms with Crippen LogP contribution in [-0.2, 0) is 6.54 Å². The Balaban J connectivity index is 2.04. The molecule has 100 valence electrons. The molecule has 0 bridgehead atoms. The number of aryl methyl sites for hydroxylation is 1. The number of halogens is 1. The van der Waals surface area contributed by atoms with Gasteiger partial charge < -0.3 is 5.32 Å². The first-order chi connectivity index (χ1) is 8.63. The van der Waals surface area contributed by atoms with E-state index in [0.29, 0.717) is 16.9 Å². The summed E-state index contributed by atoms with van der Waals surface area (Å²) in [6.45, 7) is 5.86. The predicted octanol–water partition coefficient (Wildman–Crippen LogP) is 2.87. The Bertz CT molecular complexity index is 468. The van der Waals surface area contributed by atoms with Crippen LogP contribution in [0.2, 0.25) is 0 Å². The molecular weight excluding hydrogens is 294 g/mol. The highest BCUT2D eigenvalue weighted by molar-refractivity contribution is 9.10. The van der Waals surface area contributed by atoms with Gasteiger partial charge >= 0.3 is 0 Å². The predicted molar refractivity (Wildman–Crippen MR) is 76.9 cm³/mol. The van der Waals surface area contributed by atoms with Gasteiger partial charge in [-0.2, -0.15) is 5.10 Å². The zero-order chi connectivity index (χ0) is 13.1. The normalized spacial score (nSPS) is 16.6. The van der Waals surface area contributed by atoms with Crippen LogP contribution in [-0.4, -0.2) is 16.3 Å². The average molecular weight is 314 g/mol. The van der Waals surface area contributed by atoms with Crippen LogP contribution in [0.1, 0.15) is 33.1 Å². The molecule has 1 N–H and O–H groups in total. The maximum atomic E-state index is 12.0. The first-order valence-corrected chi connectivity index (χ1v) is 7.42. The molecular formula is C13H20BrN3O. The summed E-state index contributed by atoms with van der Waals surface area (Å²) in [6.07, 6.45) is 5.34. The summed E-state index contributed by atoms with van der Waals surface area (Å²) in [5.74, 6) is 1.53. The largest absolute Gasteiger partial charge is 0.382 e. The standard InChI is InChI=1S/C13H20BrN3O/c1-3-6-17-13(18)12(14)11(8-16-17)15-7-9(2)10-4-5-10/h8-10,15H,3-7H2,1-2H3. The number of anilines is 1. The first kappa shape index (κ1) is 13.6. The van der Waals surface area contributed by atoms with Crippen molar-refractivity contribution in [2.24, 2.45) is 11.8 Å². The van der Waals surface area contributed by atoms with Crippen molar-refractivity contribution in [2.45, 2.75) is 39.7 Å². The molecule has 1 unspecified atom stereocenters. The van der Waals surface area contributed by atoms with Crippen molar-refractivity contribution < 1.29 is 0 Å². The van der Waals surface area contributed by atoms with Gasteiger partial charge in [0.2, 0.25) is 0 Å². The Morgan fingerprint density at radius 1 is 1.61 bits per heavy atom. The molecule has 1 atom stereocenters. The van der Waals surface area contributed by atoms with E-state index in [2.05, 4.69) is 33.3 Å². The van der Waals surface area contributed by atoms with E-state index in [1.165, 1.54) is 17.5 Å². The average Bonchev–Trinajstić information content (AvgIpc) is 3.18. The second-order valence-corrected chi connectivity index (χ2v) is 5.89. The number of aromatic nitrogens is 2. The fourth-order valence-corrected chi connectivity index (χ4v) is 2.51. The fourth-order valence-electron chi connectivity index (χ4n) is 2.06. The Kier molecular flexibility index (Phi) is 4.43. The van der Waals surface area contributed by atoms with Gasteiger partial charge in [-0.25, -0.2) is 4.68 Å². The van der Waals surface area contributed by atoms with E-state index in [9.17, 15) is 4.79 Å². The van der Waals surface area contributed by atoms with Gasteiger partial charge in [-0.05, 0) is 47.0 Å². The molecule has 0 spiro atoms. The molecule has 5 heteroatoms. The van der Waals surface area contributed by atoms with Gasteiger partial charge in [-0.15, -0.1) is 0 Å². The number of nitrogens with zero attached hydrogens (tertiary/aromatic N) is 2. The third-order valence-corrected chi connectivity index (χ3v) is 4.23. The molecule has 1 fully saturated rings. The van der Waals surface area contributed by atoms with Gasteiger partial charge in [-0.3, -0.25) is 4.79 Å². The maximum absolute atomic E-state index is 12.0. The molecule has 1 aliphatic carbocycles. The topological polar surface area (TPSA) is 46.9 Å². The van der Waals surface area contributed by atoms with Crippen molar-refractivity contribution in [3.63, 3.8) is 0 Å². The van der Waals surface area contributed by atoms with Crippen LogP contribution in [0.3, 0.4) is 0 Å². The van der Waals surface area contributed by atoms with Gasteiger partial charge in [0.1, 0.15) is 4.47 Å². The minimum absolute atomic E-state index is 0.0547. The molecule has 18 heavy (non-hydrogen) atoms. The Morgan fingerprint density at radius 2 is 2.33 bits per heavy atom. The van der Waals surface area contributed by atoms with E-state index in [1.54, 1.807) is 6.20 Å². The van der Waals surface area contributed by atoms with Crippen molar-refractivity contribution in [2.75, 3.05) is 11.9 Å². The highest BCUT2D eigenvalue weighted by atomic mass is 79.9. The summed E-state index contributed by atoms with van der Waals surface area (Å²) in [5, 5.41) is 7.50. The molecule has 1 aliphatic rings. The van der Waals surface area contributed by atoms with Crippen molar-refractivity contribution in [1.29, 1.82) is 0 Å². The third-order valence-electron chi connectivity index (χ3n) is 3.46. The van der Waals surface area contributed by atoms with E-state index in [1.807, 2.05) is 6.92 Å². The lowest BCUT2D eigenvalue weighted by atomic mass is 10.1. The Labute approximate surface area is 116 Å². The fraction of sp³-hybridized carbons (Fsp3) is 0.692. The second kappa shape index (κ2) is 5.87. The lowest BCUT2D eigenvalue weighted by Crippen LogP contribution is -2.25. The van der Waals surface area contributed by atoms with Gasteiger partial charge in [0, 0.05) is 13.1 Å². The van der Waals surface area contributed by atoms with E-state index >= 15 is 0 Å². The van der Waals surface area contributed by atoms with Crippen LogP contribution >= 0.6 is 15.9 Å². The third kappa shape index (κ3) is 3.13. The van der Waals surface area contributed by atoms with E-state index in [4.69, 9.17) is 0 Å². The minimum atomic E-state index is -0.0547. The smallest absolute Gasteiger partial charge is 0.283 e. The van der Waals surface area contributed by atoms with Crippen LogP contribution in [0, 0.1) is 11.8 Å². The van der Waals surface area contributed by atoms with Crippen molar-refractivity contribution >= 4 is 21.6 Å². The Hall–Kier alpha value is -0.840. The molecule has 0 radical (unpaired) electrons. The molecule has 0 saturated heterocycles. The summed E-state index contributed by atoms with van der Waals surface area (Å²) in [6, 6.07) is 0. The minimum Gasteiger partial charge on any atom is -0.382 e. The molecule has 0 aromatic carbocycles. The number of nitrogens with one attached hydrogen (secondary N) is 1. The highest BCUT2D eigenvalue weighted by Gasteiger charge is 2.27. The Morgan fingerprint density at radius 3 is 2.94 bits per heavy atom. The molecule has 0 aliphatic heterocycles. The lowest BCUT2D eigenvalue weighted by Gasteiger charge is -2.14. The quantitative estimate of drug-likeness (QED) is 0.878. The summed E-state index contributed by atoms with van der Waals surface area (Å²) >= 11 is 3.37. The molecule has 1 heterocycles. The monoisotopic (exact) mass is 313 g/mol. The van der Waals surface area contributed by atoms with E-state index in [0.717, 1.165) is 24.6 Å². The molecule has 0 amide bonds. The molecule has 1 aromatic heterocycles. The van der Waals surface area contributed by atoms with Crippen molar-refractivity contribution in [3.05, 3.63) is 21.0 Å². The number of rotatable bonds is 6. The van der Waals surface area contributed by atoms with Crippen LogP contribution < -0.4 is 10.9 Å². The SMILES string of the molecule is CCCn1ncc(NCC(C)C2CC2)c(Br)c1=O. The summed E-state index contributed by atoms with van der Waals surface area (Å²) in [7, 11) is 0. The van der Waals surface area contributed by atoms with Crippen molar-refractivity contribution in [1.82, 2.24) is 9.78 Å². The van der Waals surface area contributed by atoms with Crippen LogP contribution in [0.5, 0.6) is 0 Å². The zero-order valence-corrected chi connectivity index (χ0v) is 12.5. The molecule has 1 aromatic rings. The summed E-state index contributed by atoms with van der Waals surface area (Å²) in [4.78, 5) is 12.0. The number of hydrogen-bond donors (Lipinski definition) is 1. The maximum Gasteiger partial charge on any atom is 0.283 e. The molecule has 1 saturated carbocycles. The van der Waals surface area contributed by atoms with Gasteiger partial charge in [0.05, 0.1) is 11.9 Å². The van der Waals surface area contributed by atoms with Gasteiger partial charge in [0.15, 0.2) is 0 Å². The first-order valence-electron chi connectivity index (χ1n) is 6.63. The summed E-state index contributed by atoms with van der Waals surface area (Å²) in [5.41, 5.74) is 0.751. The van der Waals surface area contributed by atoms with Gasteiger partial charge in [-0.1, -0.05) is 13.8 Å². The second-order valence-electron chi connectivity index (χ2n) is 5.10. The summed E-state index contributed by atoms with van der Waals surface area (Å²) < 4.78 is 2.09. The van der Waals surface area contributed by atoms with E-state index < -0.39 is 0 Å². The molecule has 2 rings (SSSR count). The van der Waals surface area contributed by atoms with Crippen LogP contribution in [0.4, 0.5) is 5.69 Å². The number of hydrogen-bond acceptors (Lipinski definition) is 3. The van der Waals surface area contributed by atoms with Crippen LogP contribution in [0.25, 0.3) is 0 Å². The lowest BCUT2D eigenvalue weighted by molar-refractivity contribution is 0.534. The van der Waals surface area contributed by atoms with Crippen LogP contribution in [0.15, 0.2) is 15.5 Å². The van der Waals surface area contributed by atoms with Gasteiger partial charge in [0.25, 0.3) is 5.56 Å². The van der Waals surface area contributed by atoms with E-state index in [-0.39, 0.29) is 5.56 Å².